The minimum atomic E-state index is -1.66. The SMILES string of the molecule is C/C=C/C[C@@H](C)C[C@H]1C(=O)NC(=O)N(C)[C@@H](CSCC(C)O)C(=O)N(C)[C@@H](CC(C)(C)O)C(=O)NC(=O)N(C)C(=O)NC(=O)N[C@H](C)C(=O)N(C)[C@@H](CC(C)C)C(=O)N(C)C(=O)N(C)[C@@H](C(C)C)C(=O)N1C. The van der Waals surface area contributed by atoms with Crippen molar-refractivity contribution in [3.8, 4) is 0 Å². The first kappa shape index (κ1) is 64.2. The molecule has 6 N–H and O–H groups in total. The molecule has 72 heavy (non-hydrogen) atoms. The van der Waals surface area contributed by atoms with Crippen molar-refractivity contribution >= 4 is 77.4 Å². The second kappa shape index (κ2) is 28.4. The predicted molar refractivity (Wildman–Crippen MR) is 270 cm³/mol. The number of aliphatic hydroxyl groups is 2. The summed E-state index contributed by atoms with van der Waals surface area (Å²) in [5.74, 6) is -6.57. The molecule has 24 nitrogen and oxygen atoms in total. The van der Waals surface area contributed by atoms with E-state index in [1.165, 1.54) is 70.0 Å². The first-order valence-corrected chi connectivity index (χ1v) is 25.0. The summed E-state index contributed by atoms with van der Waals surface area (Å²) < 4.78 is 0. The third-order valence-electron chi connectivity index (χ3n) is 12.1. The van der Waals surface area contributed by atoms with Gasteiger partial charge in [-0.3, -0.25) is 49.6 Å². The normalized spacial score (nSPS) is 24.5. The minimum Gasteiger partial charge on any atom is -0.393 e. The van der Waals surface area contributed by atoms with Gasteiger partial charge in [0.15, 0.2) is 0 Å². The number of urea groups is 5. The smallest absolute Gasteiger partial charge is 0.333 e. The van der Waals surface area contributed by atoms with Crippen LogP contribution in [-0.4, -0.2) is 219 Å². The molecule has 1 rings (SSSR count). The summed E-state index contributed by atoms with van der Waals surface area (Å²) in [6.45, 7) is 16.0. The van der Waals surface area contributed by atoms with Crippen LogP contribution < -0.4 is 21.3 Å². The molecule has 0 aromatic rings. The van der Waals surface area contributed by atoms with Crippen molar-refractivity contribution in [2.24, 2.45) is 17.8 Å². The Balaban J connectivity index is 4.15. The number of nitrogens with one attached hydrogen (secondary N) is 4. The molecule has 0 aromatic carbocycles. The van der Waals surface area contributed by atoms with Crippen LogP contribution in [0.5, 0.6) is 0 Å². The quantitative estimate of drug-likeness (QED) is 0.144. The van der Waals surface area contributed by atoms with Crippen LogP contribution in [0.1, 0.15) is 94.9 Å². The first-order chi connectivity index (χ1) is 33.1. The zero-order chi connectivity index (χ0) is 55.9. The highest BCUT2D eigenvalue weighted by molar-refractivity contribution is 7.99. The third-order valence-corrected chi connectivity index (χ3v) is 13.3. The fraction of sp³-hybridized carbons (Fsp3) is 0.723. The van der Waals surface area contributed by atoms with Crippen molar-refractivity contribution in [2.45, 2.75) is 143 Å². The molecular formula is C47H81N11O13S. The molecule has 0 aromatic heterocycles. The molecule has 25 heteroatoms. The molecular weight excluding hydrogens is 959 g/mol. The Labute approximate surface area is 428 Å². The molecule has 1 heterocycles. The van der Waals surface area contributed by atoms with Crippen LogP contribution in [0.25, 0.3) is 0 Å². The van der Waals surface area contributed by atoms with Gasteiger partial charge in [-0.15, -0.1) is 0 Å². The Morgan fingerprint density at radius 2 is 1.14 bits per heavy atom. The summed E-state index contributed by atoms with van der Waals surface area (Å²) in [6.07, 6.45) is 2.90. The Morgan fingerprint density at radius 1 is 0.625 bits per heavy atom. The Hall–Kier alpha value is -5.82. The topological polar surface area (TPSA) is 299 Å². The molecule has 0 saturated carbocycles. The first-order valence-electron chi connectivity index (χ1n) is 23.8. The number of aliphatic hydroxyl groups excluding tert-OH is 1. The average Bonchev–Trinajstić information content (AvgIpc) is 3.28. The number of carbonyl (C=O) groups is 11. The van der Waals surface area contributed by atoms with E-state index in [1.54, 1.807) is 27.7 Å². The van der Waals surface area contributed by atoms with Gasteiger partial charge in [-0.2, -0.15) is 11.8 Å². The van der Waals surface area contributed by atoms with Crippen LogP contribution in [0, 0.1) is 17.8 Å². The van der Waals surface area contributed by atoms with Gasteiger partial charge in [-0.05, 0) is 71.6 Å². The molecule has 0 radical (unpaired) electrons. The van der Waals surface area contributed by atoms with Crippen LogP contribution in [0.3, 0.4) is 0 Å². The van der Waals surface area contributed by atoms with Crippen molar-refractivity contribution in [3.63, 3.8) is 0 Å². The van der Waals surface area contributed by atoms with Crippen LogP contribution >= 0.6 is 11.8 Å². The molecule has 1 saturated heterocycles. The summed E-state index contributed by atoms with van der Waals surface area (Å²) in [7, 11) is 8.44. The minimum absolute atomic E-state index is 0.0189. The van der Waals surface area contributed by atoms with Gasteiger partial charge in [-0.1, -0.05) is 46.8 Å². The van der Waals surface area contributed by atoms with Crippen molar-refractivity contribution < 1.29 is 63.0 Å². The maximum atomic E-state index is 14.7. The van der Waals surface area contributed by atoms with Gasteiger partial charge in [0.1, 0.15) is 36.3 Å². The van der Waals surface area contributed by atoms with Gasteiger partial charge in [0.2, 0.25) is 17.7 Å². The average molecular weight is 1040 g/mol. The summed E-state index contributed by atoms with van der Waals surface area (Å²) >= 11 is 1.06. The zero-order valence-corrected chi connectivity index (χ0v) is 45.9. The second-order valence-corrected chi connectivity index (χ2v) is 21.0. The fourth-order valence-electron chi connectivity index (χ4n) is 7.78. The Bertz CT molecular complexity index is 2010. The molecule has 1 aliphatic rings. The Morgan fingerprint density at radius 3 is 1.65 bits per heavy atom. The van der Waals surface area contributed by atoms with Gasteiger partial charge in [0, 0.05) is 67.3 Å². The van der Waals surface area contributed by atoms with Gasteiger partial charge in [-0.25, -0.2) is 28.9 Å². The van der Waals surface area contributed by atoms with Crippen molar-refractivity contribution in [3.05, 3.63) is 12.2 Å². The standard InChI is InChI=1S/C47H81N11O13S/c1-18-19-20-28(6)22-31-36(60)49-43(67)55(14)34(25-72-24-29(7)59)40(64)54(13)33(23-47(9,10)71)37(61)50-44(68)58(17)45(69)51-42(66)48-30(8)38(62)53(12)32(21-26(2)3)39(63)57(16)46(70)56(15)35(27(4)5)41(65)52(31)11/h18-19,26-35,59,71H,20-25H2,1-17H3,(H,49,60,67)(H,50,61,68)(H2,48,51,66,69)/b19-18+/t28-,29?,30-,31+,32+,33+,34+,35+/m1/s1. The lowest BCUT2D eigenvalue weighted by Crippen LogP contribution is -2.62. The van der Waals surface area contributed by atoms with E-state index in [1.807, 2.05) is 36.6 Å². The van der Waals surface area contributed by atoms with Gasteiger partial charge in [0.05, 0.1) is 11.7 Å². The monoisotopic (exact) mass is 1040 g/mol. The van der Waals surface area contributed by atoms with E-state index < -0.39 is 126 Å². The van der Waals surface area contributed by atoms with Crippen LogP contribution in [0.2, 0.25) is 0 Å². The molecule has 1 fully saturated rings. The van der Waals surface area contributed by atoms with Crippen molar-refractivity contribution in [1.82, 2.24) is 55.6 Å². The molecule has 1 unspecified atom stereocenters. The molecule has 0 bridgehead atoms. The van der Waals surface area contributed by atoms with Gasteiger partial charge in [0.25, 0.3) is 17.7 Å². The highest BCUT2D eigenvalue weighted by Gasteiger charge is 2.43. The van der Waals surface area contributed by atoms with Crippen LogP contribution in [-0.2, 0) is 28.8 Å². The fourth-order valence-corrected chi connectivity index (χ4v) is 8.84. The molecule has 408 valence electrons. The lowest BCUT2D eigenvalue weighted by atomic mass is 9.95. The molecule has 16 amide bonds. The van der Waals surface area contributed by atoms with Gasteiger partial charge >= 0.3 is 30.2 Å². The summed E-state index contributed by atoms with van der Waals surface area (Å²) in [5.41, 5.74) is -1.66. The number of rotatable bonds is 13. The number of hydrogen-bond donors (Lipinski definition) is 6. The lowest BCUT2D eigenvalue weighted by Gasteiger charge is -2.39. The summed E-state index contributed by atoms with van der Waals surface area (Å²) in [4.78, 5) is 160. The predicted octanol–water partition coefficient (Wildman–Crippen LogP) is 1.84. The maximum Gasteiger partial charge on any atom is 0.333 e. The number of imide groups is 5. The molecule has 0 spiro atoms. The van der Waals surface area contributed by atoms with E-state index in [-0.39, 0.29) is 36.2 Å². The van der Waals surface area contributed by atoms with E-state index in [0.29, 0.717) is 11.3 Å². The van der Waals surface area contributed by atoms with E-state index in [4.69, 9.17) is 0 Å². The number of nitrogens with zero attached hydrogens (tertiary/aromatic N) is 7. The zero-order valence-electron chi connectivity index (χ0n) is 45.1. The number of carbonyl (C=O) groups excluding carboxylic acids is 11. The van der Waals surface area contributed by atoms with E-state index in [0.717, 1.165) is 48.2 Å². The number of hydrogen-bond acceptors (Lipinski definition) is 14. The number of amides is 16. The summed E-state index contributed by atoms with van der Waals surface area (Å²) in [5, 5.41) is 29.4. The van der Waals surface area contributed by atoms with E-state index in [2.05, 4.69) is 10.6 Å². The largest absolute Gasteiger partial charge is 0.393 e. The van der Waals surface area contributed by atoms with E-state index >= 15 is 0 Å². The van der Waals surface area contributed by atoms with Crippen LogP contribution in [0.4, 0.5) is 24.0 Å². The Kier molecular flexibility index (Phi) is 25.3. The van der Waals surface area contributed by atoms with Crippen molar-refractivity contribution in [1.29, 1.82) is 0 Å². The summed E-state index contributed by atoms with van der Waals surface area (Å²) in [6, 6.07) is -14.4. The maximum absolute atomic E-state index is 14.7. The van der Waals surface area contributed by atoms with Crippen molar-refractivity contribution in [2.75, 3.05) is 60.8 Å². The number of allylic oxidation sites excluding steroid dienone is 2. The lowest BCUT2D eigenvalue weighted by molar-refractivity contribution is -0.145. The van der Waals surface area contributed by atoms with Crippen LogP contribution in [0.15, 0.2) is 12.2 Å². The number of likely N-dealkylation sites (N-methyl/N-ethyl adjacent to an activating group) is 6. The highest BCUT2D eigenvalue weighted by atomic mass is 32.2. The molecule has 8 atom stereocenters. The highest BCUT2D eigenvalue weighted by Crippen LogP contribution is 2.23. The second-order valence-electron chi connectivity index (χ2n) is 20.0. The van der Waals surface area contributed by atoms with Gasteiger partial charge < -0.3 is 40.0 Å². The molecule has 1 aliphatic heterocycles. The number of thioether (sulfide) groups is 1. The third kappa shape index (κ3) is 18.7. The van der Waals surface area contributed by atoms with E-state index in [9.17, 15) is 63.0 Å². The molecule has 0 aliphatic carbocycles.